The van der Waals surface area contributed by atoms with E-state index in [1.54, 1.807) is 0 Å². The predicted octanol–water partition coefficient (Wildman–Crippen LogP) is 2.46. The van der Waals surface area contributed by atoms with Crippen LogP contribution in [-0.2, 0) is 11.3 Å². The van der Waals surface area contributed by atoms with E-state index in [9.17, 15) is 4.79 Å². The second-order valence-corrected chi connectivity index (χ2v) is 5.29. The maximum Gasteiger partial charge on any atom is 0.306 e. The van der Waals surface area contributed by atoms with E-state index in [1.807, 2.05) is 6.20 Å². The van der Waals surface area contributed by atoms with Crippen LogP contribution in [0.1, 0.15) is 18.4 Å². The molecule has 2 N–H and O–H groups in total. The zero-order chi connectivity index (χ0) is 13.2. The molecule has 4 nitrogen and oxygen atoms in total. The second-order valence-electron chi connectivity index (χ2n) is 5.29. The molecule has 2 aromatic rings. The van der Waals surface area contributed by atoms with Gasteiger partial charge in [0.25, 0.3) is 0 Å². The Hall–Kier alpha value is -1.81. The molecule has 0 atom stereocenters. The van der Waals surface area contributed by atoms with Crippen LogP contribution in [0.3, 0.4) is 0 Å². The molecule has 0 bridgehead atoms. The van der Waals surface area contributed by atoms with E-state index in [4.69, 9.17) is 5.11 Å². The minimum absolute atomic E-state index is 0.150. The van der Waals surface area contributed by atoms with Crippen molar-refractivity contribution in [3.05, 3.63) is 36.0 Å². The summed E-state index contributed by atoms with van der Waals surface area (Å²) >= 11 is 0. The normalized spacial score (nSPS) is 17.9. The smallest absolute Gasteiger partial charge is 0.306 e. The highest BCUT2D eigenvalue weighted by atomic mass is 16.4. The van der Waals surface area contributed by atoms with Gasteiger partial charge in [0.05, 0.1) is 5.92 Å². The van der Waals surface area contributed by atoms with E-state index in [1.165, 1.54) is 10.9 Å². The van der Waals surface area contributed by atoms with Gasteiger partial charge in [0.1, 0.15) is 0 Å². The summed E-state index contributed by atoms with van der Waals surface area (Å²) in [6.45, 7) is 2.66. The molecular formula is C15H18N2O2. The number of benzene rings is 1. The Morgan fingerprint density at radius 3 is 2.84 bits per heavy atom. The predicted molar refractivity (Wildman–Crippen MR) is 73.9 cm³/mol. The first-order valence-electron chi connectivity index (χ1n) is 6.73. The molecule has 1 aliphatic rings. The number of aromatic amines is 1. The Kier molecular flexibility index (Phi) is 3.25. The van der Waals surface area contributed by atoms with Gasteiger partial charge in [-0.15, -0.1) is 0 Å². The summed E-state index contributed by atoms with van der Waals surface area (Å²) in [6.07, 6.45) is 3.48. The number of fused-ring (bicyclic) bond motifs is 1. The molecule has 0 saturated carbocycles. The number of piperidine rings is 1. The molecule has 3 rings (SSSR count). The van der Waals surface area contributed by atoms with Gasteiger partial charge in [-0.05, 0) is 55.1 Å². The van der Waals surface area contributed by atoms with Crippen molar-refractivity contribution in [3.8, 4) is 0 Å². The van der Waals surface area contributed by atoms with Crippen LogP contribution in [0.4, 0.5) is 0 Å². The van der Waals surface area contributed by atoms with Crippen LogP contribution < -0.4 is 0 Å². The van der Waals surface area contributed by atoms with Crippen LogP contribution in [0.15, 0.2) is 30.5 Å². The summed E-state index contributed by atoms with van der Waals surface area (Å²) in [4.78, 5) is 16.4. The van der Waals surface area contributed by atoms with Crippen LogP contribution in [0.5, 0.6) is 0 Å². The van der Waals surface area contributed by atoms with Crippen molar-refractivity contribution in [1.29, 1.82) is 0 Å². The number of carboxylic acid groups (broad SMARTS) is 1. The van der Waals surface area contributed by atoms with Gasteiger partial charge in [-0.25, -0.2) is 0 Å². The van der Waals surface area contributed by atoms with E-state index >= 15 is 0 Å². The summed E-state index contributed by atoms with van der Waals surface area (Å²) in [5.74, 6) is -0.795. The van der Waals surface area contributed by atoms with Gasteiger partial charge < -0.3 is 10.1 Å². The first kappa shape index (κ1) is 12.2. The largest absolute Gasteiger partial charge is 0.481 e. The first-order chi connectivity index (χ1) is 9.22. The van der Waals surface area contributed by atoms with Crippen LogP contribution in [0.2, 0.25) is 0 Å². The van der Waals surface area contributed by atoms with Gasteiger partial charge in [-0.1, -0.05) is 6.07 Å². The highest BCUT2D eigenvalue weighted by molar-refractivity contribution is 5.79. The third-order valence-electron chi connectivity index (χ3n) is 3.96. The number of nitrogens with zero attached hydrogens (tertiary/aromatic N) is 1. The summed E-state index contributed by atoms with van der Waals surface area (Å²) in [7, 11) is 0. The number of rotatable bonds is 3. The highest BCUT2D eigenvalue weighted by Gasteiger charge is 2.24. The lowest BCUT2D eigenvalue weighted by molar-refractivity contribution is -0.143. The molecule has 0 radical (unpaired) electrons. The van der Waals surface area contributed by atoms with Crippen molar-refractivity contribution in [3.63, 3.8) is 0 Å². The molecule has 19 heavy (non-hydrogen) atoms. The maximum atomic E-state index is 10.9. The van der Waals surface area contributed by atoms with Crippen molar-refractivity contribution < 1.29 is 9.90 Å². The molecule has 100 valence electrons. The highest BCUT2D eigenvalue weighted by Crippen LogP contribution is 2.21. The van der Waals surface area contributed by atoms with E-state index in [-0.39, 0.29) is 5.92 Å². The Morgan fingerprint density at radius 1 is 1.32 bits per heavy atom. The first-order valence-corrected chi connectivity index (χ1v) is 6.73. The van der Waals surface area contributed by atoms with Crippen molar-refractivity contribution in [1.82, 2.24) is 9.88 Å². The van der Waals surface area contributed by atoms with E-state index < -0.39 is 5.97 Å². The van der Waals surface area contributed by atoms with Gasteiger partial charge in [-0.2, -0.15) is 0 Å². The number of aromatic nitrogens is 1. The van der Waals surface area contributed by atoms with Crippen LogP contribution >= 0.6 is 0 Å². The number of H-pyrrole nitrogens is 1. The average molecular weight is 258 g/mol. The van der Waals surface area contributed by atoms with Crippen LogP contribution in [0.25, 0.3) is 10.9 Å². The van der Waals surface area contributed by atoms with Crippen molar-refractivity contribution >= 4 is 16.9 Å². The zero-order valence-corrected chi connectivity index (χ0v) is 10.8. The van der Waals surface area contributed by atoms with Crippen molar-refractivity contribution in [2.24, 2.45) is 5.92 Å². The Bertz CT molecular complexity index is 583. The fourth-order valence-corrected chi connectivity index (χ4v) is 2.80. The summed E-state index contributed by atoms with van der Waals surface area (Å²) in [5.41, 5.74) is 2.45. The standard InChI is InChI=1S/C15H18N2O2/c18-15(19)12-4-7-17(8-5-12)10-11-1-2-14-13(9-11)3-6-16-14/h1-3,6,9,12,16H,4-5,7-8,10H2,(H,18,19). The number of carbonyl (C=O) groups is 1. The number of carboxylic acids is 1. The molecule has 1 aliphatic heterocycles. The van der Waals surface area contributed by atoms with Gasteiger partial charge in [0.15, 0.2) is 0 Å². The van der Waals surface area contributed by atoms with E-state index in [0.29, 0.717) is 0 Å². The quantitative estimate of drug-likeness (QED) is 0.889. The summed E-state index contributed by atoms with van der Waals surface area (Å²) in [5, 5.41) is 10.2. The van der Waals surface area contributed by atoms with E-state index in [2.05, 4.69) is 34.1 Å². The molecule has 4 heteroatoms. The third-order valence-corrected chi connectivity index (χ3v) is 3.96. The Balaban J connectivity index is 1.64. The molecule has 0 unspecified atom stereocenters. The minimum atomic E-state index is -0.645. The molecule has 0 aliphatic carbocycles. The van der Waals surface area contributed by atoms with Gasteiger partial charge in [0.2, 0.25) is 0 Å². The van der Waals surface area contributed by atoms with Gasteiger partial charge >= 0.3 is 5.97 Å². The average Bonchev–Trinajstić information content (AvgIpc) is 2.87. The molecule has 2 heterocycles. The molecule has 0 amide bonds. The van der Waals surface area contributed by atoms with E-state index in [0.717, 1.165) is 38.0 Å². The SMILES string of the molecule is O=C(O)C1CCN(Cc2ccc3[nH]ccc3c2)CC1. The number of aliphatic carboxylic acids is 1. The lowest BCUT2D eigenvalue weighted by Crippen LogP contribution is -2.35. The van der Waals surface area contributed by atoms with Crippen LogP contribution in [-0.4, -0.2) is 34.0 Å². The monoisotopic (exact) mass is 258 g/mol. The molecule has 0 spiro atoms. The minimum Gasteiger partial charge on any atom is -0.481 e. The molecule has 1 saturated heterocycles. The lowest BCUT2D eigenvalue weighted by atomic mass is 9.97. The molecule has 1 aromatic heterocycles. The molecule has 1 aromatic carbocycles. The summed E-state index contributed by atoms with van der Waals surface area (Å²) < 4.78 is 0. The Morgan fingerprint density at radius 2 is 2.11 bits per heavy atom. The van der Waals surface area contributed by atoms with Crippen LogP contribution in [0, 0.1) is 5.92 Å². The van der Waals surface area contributed by atoms with Gasteiger partial charge in [0, 0.05) is 18.3 Å². The number of hydrogen-bond acceptors (Lipinski definition) is 2. The Labute approximate surface area is 112 Å². The maximum absolute atomic E-state index is 10.9. The lowest BCUT2D eigenvalue weighted by Gasteiger charge is -2.30. The number of hydrogen-bond donors (Lipinski definition) is 2. The van der Waals surface area contributed by atoms with Crippen molar-refractivity contribution in [2.75, 3.05) is 13.1 Å². The third kappa shape index (κ3) is 2.63. The summed E-state index contributed by atoms with van der Waals surface area (Å²) in [6, 6.07) is 8.53. The molecule has 1 fully saturated rings. The fourth-order valence-electron chi connectivity index (χ4n) is 2.80. The second kappa shape index (κ2) is 5.05. The number of likely N-dealkylation sites (tertiary alicyclic amines) is 1. The van der Waals surface area contributed by atoms with Gasteiger partial charge in [-0.3, -0.25) is 9.69 Å². The molecular weight excluding hydrogens is 240 g/mol. The zero-order valence-electron chi connectivity index (χ0n) is 10.8. The van der Waals surface area contributed by atoms with Crippen molar-refractivity contribution in [2.45, 2.75) is 19.4 Å². The topological polar surface area (TPSA) is 56.3 Å². The fraction of sp³-hybridized carbons (Fsp3) is 0.400. The number of nitrogens with one attached hydrogen (secondary N) is 1.